The third kappa shape index (κ3) is 6.65. The average Bonchev–Trinajstić information content (AvgIpc) is 3.69. The zero-order chi connectivity index (χ0) is 33.0. The first-order valence-corrected chi connectivity index (χ1v) is 29.3. The Kier molecular flexibility index (Phi) is 11.4. The van der Waals surface area contributed by atoms with Crippen molar-refractivity contribution < 1.29 is 44.8 Å². The van der Waals surface area contributed by atoms with E-state index in [0.717, 1.165) is 32.0 Å². The van der Waals surface area contributed by atoms with Gasteiger partial charge in [0.25, 0.3) is 0 Å². The van der Waals surface area contributed by atoms with E-state index in [2.05, 4.69) is 111 Å². The number of aryl methyl sites for hydroxylation is 2. The Hall–Kier alpha value is -2.19. The van der Waals surface area contributed by atoms with Crippen LogP contribution in [0.5, 0.6) is 0 Å². The zero-order valence-corrected chi connectivity index (χ0v) is 35.8. The van der Waals surface area contributed by atoms with Gasteiger partial charge in [-0.3, -0.25) is 0 Å². The van der Waals surface area contributed by atoms with Crippen molar-refractivity contribution >= 4 is 12.2 Å². The van der Waals surface area contributed by atoms with Gasteiger partial charge in [0.15, 0.2) is 0 Å². The van der Waals surface area contributed by atoms with E-state index in [1.807, 2.05) is 11.1 Å². The van der Waals surface area contributed by atoms with Crippen LogP contribution < -0.4 is 24.8 Å². The molecule has 0 aromatic heterocycles. The SMILES string of the molecule is CCc1ccc(-c2cccc3c2C=C(C2CCCCC2)[CH]3[Hf+2]2([CH]3C(C4CCCCC4)=Cc4c(-c5ccc(CC)cc5)cccc43)[CH2][CH2]2)cc1.[Cl-].[Cl-]. The van der Waals surface area contributed by atoms with Gasteiger partial charge in [0.2, 0.25) is 0 Å². The Morgan fingerprint density at radius 2 is 0.882 bits per heavy atom. The third-order valence-electron chi connectivity index (χ3n) is 13.7. The Labute approximate surface area is 324 Å². The van der Waals surface area contributed by atoms with Crippen molar-refractivity contribution in [2.75, 3.05) is 0 Å². The van der Waals surface area contributed by atoms with Crippen molar-refractivity contribution in [1.82, 2.24) is 0 Å². The molecule has 0 radical (unpaired) electrons. The van der Waals surface area contributed by atoms with Gasteiger partial charge in [0.1, 0.15) is 0 Å². The summed E-state index contributed by atoms with van der Waals surface area (Å²) in [6.07, 6.45) is 22.0. The minimum atomic E-state index is -3.04. The summed E-state index contributed by atoms with van der Waals surface area (Å²) in [6.45, 7) is 4.54. The van der Waals surface area contributed by atoms with Gasteiger partial charge in [-0.1, -0.05) is 0 Å². The first-order valence-electron chi connectivity index (χ1n) is 20.1. The molecule has 2 saturated carbocycles. The zero-order valence-electron chi connectivity index (χ0n) is 30.7. The molecule has 1 heterocycles. The van der Waals surface area contributed by atoms with Gasteiger partial charge in [0.05, 0.1) is 0 Å². The average molecular weight is 880 g/mol. The number of fused-ring (bicyclic) bond motifs is 2. The van der Waals surface area contributed by atoms with Gasteiger partial charge in [-0.05, 0) is 0 Å². The molecule has 4 aliphatic carbocycles. The van der Waals surface area contributed by atoms with Crippen LogP contribution in [0.4, 0.5) is 0 Å². The molecule has 0 amide bonds. The molecule has 1 aliphatic heterocycles. The van der Waals surface area contributed by atoms with Crippen LogP contribution in [0.1, 0.15) is 119 Å². The van der Waals surface area contributed by atoms with Crippen LogP contribution >= 0.6 is 0 Å². The van der Waals surface area contributed by atoms with Crippen LogP contribution in [0.25, 0.3) is 34.4 Å². The molecule has 0 bridgehead atoms. The molecular formula is C48H54Cl2Hf. The maximum absolute atomic E-state index is 3.04. The molecule has 0 N–H and O–H groups in total. The standard InChI is InChI=1S/2C23H25.C2H4.2ClH.Hf/c2*1-2-17-11-13-19(14-12-17)22-10-6-9-20-15-21(16-23(20)22)18-7-4-3-5-8-18;1-2;;;/h2*6,9-16,18H,2-5,7-8H2,1H3;1-2H2;2*1H;/q;;;;;+2/p-2. The predicted octanol–water partition coefficient (Wildman–Crippen LogP) is 7.89. The maximum Gasteiger partial charge on any atom is -1.00 e. The largest absolute Gasteiger partial charge is 1.00 e. The molecule has 264 valence electrons. The van der Waals surface area contributed by atoms with Crippen molar-refractivity contribution in [1.29, 1.82) is 0 Å². The van der Waals surface area contributed by atoms with E-state index in [1.54, 1.807) is 30.6 Å². The Bertz CT molecular complexity index is 1760. The minimum Gasteiger partial charge on any atom is -1.00 e. The topological polar surface area (TPSA) is 0 Å². The number of hydrogen-bond acceptors (Lipinski definition) is 0. The molecule has 9 rings (SSSR count). The number of allylic oxidation sites excluding steroid dienone is 2. The Morgan fingerprint density at radius 3 is 1.24 bits per heavy atom. The Balaban J connectivity index is 0.00000203. The van der Waals surface area contributed by atoms with E-state index in [4.69, 9.17) is 0 Å². The Morgan fingerprint density at radius 1 is 0.490 bits per heavy atom. The van der Waals surface area contributed by atoms with E-state index >= 15 is 0 Å². The molecule has 1 saturated heterocycles. The van der Waals surface area contributed by atoms with Crippen LogP contribution in [-0.2, 0) is 32.8 Å². The van der Waals surface area contributed by atoms with Gasteiger partial charge >= 0.3 is 302 Å². The number of halogens is 2. The van der Waals surface area contributed by atoms with Crippen LogP contribution in [0.2, 0.25) is 8.35 Å². The van der Waals surface area contributed by atoms with E-state index in [0.29, 0.717) is 0 Å². The summed E-state index contributed by atoms with van der Waals surface area (Å²) >= 11 is -3.04. The van der Waals surface area contributed by atoms with Gasteiger partial charge in [-0.2, -0.15) is 0 Å². The van der Waals surface area contributed by atoms with Gasteiger partial charge in [0, 0.05) is 0 Å². The molecule has 2 atom stereocenters. The first-order chi connectivity index (χ1) is 24.2. The van der Waals surface area contributed by atoms with Crippen molar-refractivity contribution in [3.63, 3.8) is 0 Å². The second kappa shape index (κ2) is 15.7. The molecule has 51 heavy (non-hydrogen) atoms. The first kappa shape index (κ1) is 37.1. The number of rotatable bonds is 8. The van der Waals surface area contributed by atoms with Crippen molar-refractivity contribution in [2.24, 2.45) is 11.8 Å². The summed E-state index contributed by atoms with van der Waals surface area (Å²) in [5, 5.41) is 0. The molecular weight excluding hydrogens is 826 g/mol. The molecule has 4 aromatic rings. The van der Waals surface area contributed by atoms with E-state index in [-0.39, 0.29) is 24.8 Å². The van der Waals surface area contributed by atoms with Crippen molar-refractivity contribution in [3.05, 3.63) is 129 Å². The van der Waals surface area contributed by atoms with Gasteiger partial charge in [-0.25, -0.2) is 0 Å². The number of benzene rings is 4. The van der Waals surface area contributed by atoms with Gasteiger partial charge < -0.3 is 24.8 Å². The normalized spacial score (nSPS) is 21.6. The summed E-state index contributed by atoms with van der Waals surface area (Å²) in [7, 11) is 0. The number of hydrogen-bond donors (Lipinski definition) is 0. The molecule has 5 aliphatic rings. The predicted molar refractivity (Wildman–Crippen MR) is 207 cm³/mol. The summed E-state index contributed by atoms with van der Waals surface area (Å²) in [6, 6.07) is 34.0. The van der Waals surface area contributed by atoms with Crippen LogP contribution in [0, 0.1) is 11.8 Å². The molecule has 3 heteroatoms. The third-order valence-corrected chi connectivity index (χ3v) is 32.5. The van der Waals surface area contributed by atoms with Crippen LogP contribution in [0.15, 0.2) is 96.1 Å². The van der Waals surface area contributed by atoms with Crippen molar-refractivity contribution in [2.45, 2.75) is 107 Å². The molecule has 0 nitrogen and oxygen atoms in total. The smallest absolute Gasteiger partial charge is 1.00 e. The monoisotopic (exact) mass is 880 g/mol. The summed E-state index contributed by atoms with van der Waals surface area (Å²) in [5.41, 5.74) is 19.1. The second-order valence-electron chi connectivity index (χ2n) is 16.3. The van der Waals surface area contributed by atoms with Gasteiger partial charge in [-0.15, -0.1) is 0 Å². The summed E-state index contributed by atoms with van der Waals surface area (Å²) < 4.78 is 4.63. The van der Waals surface area contributed by atoms with Crippen molar-refractivity contribution in [3.8, 4) is 22.3 Å². The summed E-state index contributed by atoms with van der Waals surface area (Å²) in [5.74, 6) is 1.57. The van der Waals surface area contributed by atoms with E-state index in [9.17, 15) is 0 Å². The summed E-state index contributed by atoms with van der Waals surface area (Å²) in [4.78, 5) is 0. The van der Waals surface area contributed by atoms with E-state index < -0.39 is 20.0 Å². The fourth-order valence-corrected chi connectivity index (χ4v) is 39.1. The fraction of sp³-hybridized carbons (Fsp3) is 0.417. The van der Waals surface area contributed by atoms with E-state index in [1.165, 1.54) is 97.6 Å². The molecule has 3 fully saturated rings. The molecule has 2 unspecified atom stereocenters. The minimum absolute atomic E-state index is 0. The molecule has 4 aromatic carbocycles. The van der Waals surface area contributed by atoms with Crippen LogP contribution in [0.3, 0.4) is 0 Å². The quantitative estimate of drug-likeness (QED) is 0.158. The maximum atomic E-state index is 2.80. The second-order valence-corrected chi connectivity index (χ2v) is 32.9. The molecule has 0 spiro atoms. The fourth-order valence-electron chi connectivity index (χ4n) is 10.9. The van der Waals surface area contributed by atoms with Crippen LogP contribution in [-0.4, -0.2) is 0 Å².